The van der Waals surface area contributed by atoms with Gasteiger partial charge in [0.25, 0.3) is 0 Å². The first kappa shape index (κ1) is 16.7. The minimum atomic E-state index is -4.08. The van der Waals surface area contributed by atoms with Gasteiger partial charge < -0.3 is 5.32 Å². The van der Waals surface area contributed by atoms with Gasteiger partial charge in [-0.1, -0.05) is 13.8 Å². The third-order valence-electron chi connectivity index (χ3n) is 3.93. The van der Waals surface area contributed by atoms with E-state index in [2.05, 4.69) is 31.0 Å². The maximum absolute atomic E-state index is 12.3. The predicted molar refractivity (Wildman–Crippen MR) is 71.2 cm³/mol. The number of hydrogen-bond acceptors (Lipinski definition) is 3. The van der Waals surface area contributed by atoms with Gasteiger partial charge in [0, 0.05) is 32.2 Å². The quantitative estimate of drug-likeness (QED) is 0.801. The molecule has 3 nitrogen and oxygen atoms in total. The van der Waals surface area contributed by atoms with Gasteiger partial charge in [-0.2, -0.15) is 13.2 Å². The van der Waals surface area contributed by atoms with E-state index < -0.39 is 12.7 Å². The molecule has 6 heteroatoms. The van der Waals surface area contributed by atoms with Crippen LogP contribution in [0.3, 0.4) is 0 Å². The molecule has 1 heterocycles. The standard InChI is InChI=1S/C13H26F3N3/c1-4-17-9-11(2)12(3)19-7-5-18(6-8-19)10-13(14,15)16/h11-12,17H,4-10H2,1-3H3. The Morgan fingerprint density at radius 2 is 1.68 bits per heavy atom. The fourth-order valence-corrected chi connectivity index (χ4v) is 2.48. The summed E-state index contributed by atoms with van der Waals surface area (Å²) in [5.74, 6) is 0.508. The zero-order valence-electron chi connectivity index (χ0n) is 12.1. The second kappa shape index (κ2) is 7.45. The maximum atomic E-state index is 12.3. The van der Waals surface area contributed by atoms with E-state index in [9.17, 15) is 13.2 Å². The third-order valence-corrected chi connectivity index (χ3v) is 3.93. The zero-order chi connectivity index (χ0) is 14.5. The summed E-state index contributed by atoms with van der Waals surface area (Å²) in [6.45, 7) is 10.1. The Morgan fingerprint density at radius 3 is 2.16 bits per heavy atom. The minimum absolute atomic E-state index is 0.409. The highest BCUT2D eigenvalue weighted by Gasteiger charge is 2.33. The van der Waals surface area contributed by atoms with Gasteiger partial charge in [0.05, 0.1) is 6.54 Å². The van der Waals surface area contributed by atoms with Gasteiger partial charge in [-0.3, -0.25) is 9.80 Å². The number of rotatable bonds is 6. The lowest BCUT2D eigenvalue weighted by atomic mass is 10.0. The largest absolute Gasteiger partial charge is 0.401 e. The smallest absolute Gasteiger partial charge is 0.317 e. The Labute approximate surface area is 114 Å². The van der Waals surface area contributed by atoms with Crippen molar-refractivity contribution in [3.63, 3.8) is 0 Å². The van der Waals surface area contributed by atoms with Crippen molar-refractivity contribution in [1.82, 2.24) is 15.1 Å². The van der Waals surface area contributed by atoms with Crippen molar-refractivity contribution in [2.75, 3.05) is 45.8 Å². The lowest BCUT2D eigenvalue weighted by molar-refractivity contribution is -0.150. The second-order valence-electron chi connectivity index (χ2n) is 5.45. The minimum Gasteiger partial charge on any atom is -0.317 e. The number of alkyl halides is 3. The average Bonchev–Trinajstić information content (AvgIpc) is 2.34. The lowest BCUT2D eigenvalue weighted by Gasteiger charge is -2.40. The highest BCUT2D eigenvalue weighted by atomic mass is 19.4. The molecule has 2 atom stereocenters. The first-order valence-electron chi connectivity index (χ1n) is 7.07. The molecule has 0 bridgehead atoms. The Bertz CT molecular complexity index is 250. The van der Waals surface area contributed by atoms with E-state index in [1.165, 1.54) is 4.90 Å². The van der Waals surface area contributed by atoms with Gasteiger partial charge >= 0.3 is 6.18 Å². The summed E-state index contributed by atoms with van der Waals surface area (Å²) in [4.78, 5) is 3.80. The predicted octanol–water partition coefficient (Wildman–Crippen LogP) is 1.80. The average molecular weight is 281 g/mol. The number of halogens is 3. The third kappa shape index (κ3) is 6.10. The monoisotopic (exact) mass is 281 g/mol. The summed E-state index contributed by atoms with van der Waals surface area (Å²) in [5, 5.41) is 3.32. The molecule has 1 saturated heterocycles. The van der Waals surface area contributed by atoms with Crippen molar-refractivity contribution in [3.05, 3.63) is 0 Å². The van der Waals surface area contributed by atoms with Crippen LogP contribution in [0.5, 0.6) is 0 Å². The summed E-state index contributed by atoms with van der Waals surface area (Å²) in [6, 6.07) is 0.409. The number of hydrogen-bond donors (Lipinski definition) is 1. The van der Waals surface area contributed by atoms with Crippen molar-refractivity contribution in [2.24, 2.45) is 5.92 Å². The van der Waals surface area contributed by atoms with Crippen LogP contribution in [0.1, 0.15) is 20.8 Å². The van der Waals surface area contributed by atoms with Crippen LogP contribution in [0.4, 0.5) is 13.2 Å². The van der Waals surface area contributed by atoms with Crippen LogP contribution in [0.25, 0.3) is 0 Å². The number of nitrogens with zero attached hydrogens (tertiary/aromatic N) is 2. The number of nitrogens with one attached hydrogen (secondary N) is 1. The fourth-order valence-electron chi connectivity index (χ4n) is 2.48. The van der Waals surface area contributed by atoms with E-state index in [-0.39, 0.29) is 0 Å². The second-order valence-corrected chi connectivity index (χ2v) is 5.45. The fraction of sp³-hybridized carbons (Fsp3) is 1.00. The van der Waals surface area contributed by atoms with Crippen LogP contribution in [-0.2, 0) is 0 Å². The molecular weight excluding hydrogens is 255 g/mol. The molecule has 1 N–H and O–H groups in total. The van der Waals surface area contributed by atoms with Gasteiger partial charge in [0.2, 0.25) is 0 Å². The number of piperazine rings is 1. The van der Waals surface area contributed by atoms with E-state index in [0.717, 1.165) is 26.2 Å². The molecule has 0 radical (unpaired) electrons. The van der Waals surface area contributed by atoms with Crippen molar-refractivity contribution in [2.45, 2.75) is 33.0 Å². The molecule has 2 unspecified atom stereocenters. The molecule has 0 aromatic carbocycles. The van der Waals surface area contributed by atoms with E-state index in [4.69, 9.17) is 0 Å². The first-order chi connectivity index (χ1) is 8.83. The zero-order valence-corrected chi connectivity index (χ0v) is 12.1. The van der Waals surface area contributed by atoms with Crippen LogP contribution < -0.4 is 5.32 Å². The van der Waals surface area contributed by atoms with Crippen LogP contribution in [0, 0.1) is 5.92 Å². The maximum Gasteiger partial charge on any atom is 0.401 e. The molecule has 0 aromatic heterocycles. The Kier molecular flexibility index (Phi) is 6.56. The molecule has 0 aliphatic carbocycles. The molecule has 0 aromatic rings. The normalized spacial score (nSPS) is 22.4. The van der Waals surface area contributed by atoms with Gasteiger partial charge in [0.15, 0.2) is 0 Å². The SMILES string of the molecule is CCNCC(C)C(C)N1CCN(CC(F)(F)F)CC1. The lowest BCUT2D eigenvalue weighted by Crippen LogP contribution is -2.53. The summed E-state index contributed by atoms with van der Waals surface area (Å²) >= 11 is 0. The van der Waals surface area contributed by atoms with Crippen LogP contribution >= 0.6 is 0 Å². The van der Waals surface area contributed by atoms with Gasteiger partial charge in [-0.25, -0.2) is 0 Å². The molecule has 0 amide bonds. The van der Waals surface area contributed by atoms with E-state index in [1.807, 2.05) is 0 Å². The summed E-state index contributed by atoms with van der Waals surface area (Å²) in [6.07, 6.45) is -4.08. The summed E-state index contributed by atoms with van der Waals surface area (Å²) < 4.78 is 36.9. The van der Waals surface area contributed by atoms with Crippen molar-refractivity contribution in [3.8, 4) is 0 Å². The topological polar surface area (TPSA) is 18.5 Å². The molecule has 0 spiro atoms. The van der Waals surface area contributed by atoms with E-state index in [0.29, 0.717) is 25.0 Å². The molecular formula is C13H26F3N3. The molecule has 19 heavy (non-hydrogen) atoms. The van der Waals surface area contributed by atoms with Crippen LogP contribution in [-0.4, -0.2) is 67.8 Å². The molecule has 1 fully saturated rings. The van der Waals surface area contributed by atoms with Crippen LogP contribution in [0.2, 0.25) is 0 Å². The molecule has 114 valence electrons. The van der Waals surface area contributed by atoms with E-state index >= 15 is 0 Å². The van der Waals surface area contributed by atoms with Gasteiger partial charge in [0.1, 0.15) is 0 Å². The highest BCUT2D eigenvalue weighted by molar-refractivity contribution is 4.80. The molecule has 0 saturated carbocycles. The molecule has 1 rings (SSSR count). The van der Waals surface area contributed by atoms with Crippen molar-refractivity contribution < 1.29 is 13.2 Å². The Balaban J connectivity index is 2.32. The first-order valence-corrected chi connectivity index (χ1v) is 7.07. The van der Waals surface area contributed by atoms with Gasteiger partial charge in [-0.15, -0.1) is 0 Å². The molecule has 1 aliphatic heterocycles. The van der Waals surface area contributed by atoms with Crippen LogP contribution in [0.15, 0.2) is 0 Å². The highest BCUT2D eigenvalue weighted by Crippen LogP contribution is 2.19. The summed E-state index contributed by atoms with van der Waals surface area (Å²) in [5.41, 5.74) is 0. The Hall–Kier alpha value is -0.330. The molecule has 1 aliphatic rings. The Morgan fingerprint density at radius 1 is 1.11 bits per heavy atom. The van der Waals surface area contributed by atoms with Gasteiger partial charge in [-0.05, 0) is 25.9 Å². The van der Waals surface area contributed by atoms with Crippen molar-refractivity contribution in [1.29, 1.82) is 0 Å². The van der Waals surface area contributed by atoms with E-state index in [1.54, 1.807) is 0 Å². The summed E-state index contributed by atoms with van der Waals surface area (Å²) in [7, 11) is 0. The van der Waals surface area contributed by atoms with Crippen molar-refractivity contribution >= 4 is 0 Å².